The van der Waals surface area contributed by atoms with Crippen molar-refractivity contribution in [1.82, 2.24) is 0 Å². The number of nitrogens with one attached hydrogen (secondary N) is 2. The van der Waals surface area contributed by atoms with Crippen molar-refractivity contribution in [3.05, 3.63) is 57.9 Å². The van der Waals surface area contributed by atoms with E-state index in [-0.39, 0.29) is 35.5 Å². The number of anilines is 2. The van der Waals surface area contributed by atoms with E-state index in [4.69, 9.17) is 4.74 Å². The van der Waals surface area contributed by atoms with Crippen LogP contribution in [0.15, 0.2) is 36.4 Å². The van der Waals surface area contributed by atoms with Crippen molar-refractivity contribution in [3.63, 3.8) is 0 Å². The molecule has 0 saturated heterocycles. The molecular weight excluding hydrogens is 353 g/mol. The molecule has 2 aromatic rings. The van der Waals surface area contributed by atoms with Gasteiger partial charge in [-0.3, -0.25) is 14.9 Å². The number of ether oxygens (including phenoxy) is 1. The molecule has 0 heterocycles. The van der Waals surface area contributed by atoms with E-state index in [0.29, 0.717) is 12.1 Å². The summed E-state index contributed by atoms with van der Waals surface area (Å²) < 4.78 is 18.6. The standard InChI is InChI=1S/C19H22FN3O4/c1-12(2)7-19(24)22-14-6-4-5-13(8-14)11-21-16-10-18(27-3)15(20)9-17(16)23(25)26/h4-6,8-10,12,21H,7,11H2,1-3H3,(H,22,24). The number of hydrogen-bond acceptors (Lipinski definition) is 5. The van der Waals surface area contributed by atoms with Crippen LogP contribution in [-0.4, -0.2) is 17.9 Å². The predicted octanol–water partition coefficient (Wildman–Crippen LogP) is 4.34. The molecule has 1 amide bonds. The Morgan fingerprint density at radius 2 is 2.04 bits per heavy atom. The van der Waals surface area contributed by atoms with Crippen molar-refractivity contribution in [2.75, 3.05) is 17.7 Å². The van der Waals surface area contributed by atoms with E-state index in [1.54, 1.807) is 18.2 Å². The maximum Gasteiger partial charge on any atom is 0.295 e. The lowest BCUT2D eigenvalue weighted by atomic mass is 10.1. The van der Waals surface area contributed by atoms with E-state index in [1.165, 1.54) is 13.2 Å². The highest BCUT2D eigenvalue weighted by molar-refractivity contribution is 5.90. The molecule has 2 rings (SSSR count). The van der Waals surface area contributed by atoms with Crippen LogP contribution in [0.2, 0.25) is 0 Å². The van der Waals surface area contributed by atoms with E-state index in [9.17, 15) is 19.3 Å². The Morgan fingerprint density at radius 1 is 1.30 bits per heavy atom. The number of benzene rings is 2. The highest BCUT2D eigenvalue weighted by Crippen LogP contribution is 2.32. The molecule has 0 aliphatic heterocycles. The molecule has 0 saturated carbocycles. The Labute approximate surface area is 156 Å². The Kier molecular flexibility index (Phi) is 6.70. The molecule has 0 fully saturated rings. The van der Waals surface area contributed by atoms with Gasteiger partial charge in [0.25, 0.3) is 5.69 Å². The fraction of sp³-hybridized carbons (Fsp3) is 0.316. The van der Waals surface area contributed by atoms with E-state index < -0.39 is 10.7 Å². The number of amides is 1. The summed E-state index contributed by atoms with van der Waals surface area (Å²) in [5, 5.41) is 16.9. The predicted molar refractivity (Wildman–Crippen MR) is 101 cm³/mol. The number of methoxy groups -OCH3 is 1. The van der Waals surface area contributed by atoms with Crippen molar-refractivity contribution in [2.45, 2.75) is 26.8 Å². The minimum atomic E-state index is -0.801. The molecular formula is C19H22FN3O4. The van der Waals surface area contributed by atoms with Crippen LogP contribution in [0.1, 0.15) is 25.8 Å². The fourth-order valence-corrected chi connectivity index (χ4v) is 2.53. The van der Waals surface area contributed by atoms with E-state index in [1.807, 2.05) is 19.9 Å². The first-order chi connectivity index (χ1) is 12.8. The lowest BCUT2D eigenvalue weighted by Gasteiger charge is -2.11. The molecule has 0 bridgehead atoms. The Bertz CT molecular complexity index is 840. The lowest BCUT2D eigenvalue weighted by molar-refractivity contribution is -0.384. The molecule has 8 heteroatoms. The van der Waals surface area contributed by atoms with Crippen molar-refractivity contribution < 1.29 is 18.8 Å². The quantitative estimate of drug-likeness (QED) is 0.529. The SMILES string of the molecule is COc1cc(NCc2cccc(NC(=O)CC(C)C)c2)c([N+](=O)[O-])cc1F. The van der Waals surface area contributed by atoms with Gasteiger partial charge in [-0.1, -0.05) is 26.0 Å². The molecule has 0 spiro atoms. The van der Waals surface area contributed by atoms with Crippen molar-refractivity contribution in [2.24, 2.45) is 5.92 Å². The largest absolute Gasteiger partial charge is 0.494 e. The number of hydrogen-bond donors (Lipinski definition) is 2. The maximum absolute atomic E-state index is 13.7. The van der Waals surface area contributed by atoms with Crippen LogP contribution < -0.4 is 15.4 Å². The minimum absolute atomic E-state index is 0.0750. The fourth-order valence-electron chi connectivity index (χ4n) is 2.53. The third-order valence-electron chi connectivity index (χ3n) is 3.75. The monoisotopic (exact) mass is 375 g/mol. The zero-order valence-electron chi connectivity index (χ0n) is 15.4. The molecule has 2 N–H and O–H groups in total. The van der Waals surface area contributed by atoms with Crippen LogP contribution in [-0.2, 0) is 11.3 Å². The Morgan fingerprint density at radius 3 is 2.67 bits per heavy atom. The van der Waals surface area contributed by atoms with Crippen LogP contribution in [0.25, 0.3) is 0 Å². The third-order valence-corrected chi connectivity index (χ3v) is 3.75. The summed E-state index contributed by atoms with van der Waals surface area (Å²) in [5.41, 5.74) is 1.21. The van der Waals surface area contributed by atoms with E-state index >= 15 is 0 Å². The number of nitro benzene ring substituents is 1. The first kappa shape index (κ1) is 20.2. The second-order valence-electron chi connectivity index (χ2n) is 6.46. The average Bonchev–Trinajstić information content (AvgIpc) is 2.59. The topological polar surface area (TPSA) is 93.5 Å². The maximum atomic E-state index is 13.7. The number of nitro groups is 1. The van der Waals surface area contributed by atoms with Crippen molar-refractivity contribution >= 4 is 23.0 Å². The molecule has 0 aliphatic rings. The highest BCUT2D eigenvalue weighted by Gasteiger charge is 2.19. The second kappa shape index (κ2) is 8.98. The van der Waals surface area contributed by atoms with Crippen LogP contribution in [0.3, 0.4) is 0 Å². The van der Waals surface area contributed by atoms with Gasteiger partial charge in [0.1, 0.15) is 5.69 Å². The normalized spacial score (nSPS) is 10.6. The van der Waals surface area contributed by atoms with Gasteiger partial charge >= 0.3 is 0 Å². The average molecular weight is 375 g/mol. The van der Waals surface area contributed by atoms with Gasteiger partial charge in [0, 0.05) is 24.7 Å². The first-order valence-electron chi connectivity index (χ1n) is 8.44. The van der Waals surface area contributed by atoms with Crippen molar-refractivity contribution in [1.29, 1.82) is 0 Å². The summed E-state index contributed by atoms with van der Waals surface area (Å²) in [5.74, 6) is -0.708. The number of carbonyl (C=O) groups excluding carboxylic acids is 1. The summed E-state index contributed by atoms with van der Waals surface area (Å²) in [4.78, 5) is 22.4. The van der Waals surface area contributed by atoms with Gasteiger partial charge in [0.2, 0.25) is 5.91 Å². The molecule has 144 valence electrons. The van der Waals surface area contributed by atoms with Crippen LogP contribution in [0.5, 0.6) is 5.75 Å². The van der Waals surface area contributed by atoms with Crippen LogP contribution in [0.4, 0.5) is 21.5 Å². The van der Waals surface area contributed by atoms with Gasteiger partial charge in [-0.15, -0.1) is 0 Å². The van der Waals surface area contributed by atoms with E-state index in [2.05, 4.69) is 10.6 Å². The number of rotatable bonds is 8. The van der Waals surface area contributed by atoms with E-state index in [0.717, 1.165) is 11.6 Å². The van der Waals surface area contributed by atoms with Gasteiger partial charge in [0.15, 0.2) is 11.6 Å². The second-order valence-corrected chi connectivity index (χ2v) is 6.46. The summed E-state index contributed by atoms with van der Waals surface area (Å²) >= 11 is 0. The smallest absolute Gasteiger partial charge is 0.295 e. The molecule has 2 aromatic carbocycles. The van der Waals surface area contributed by atoms with Gasteiger partial charge < -0.3 is 15.4 Å². The lowest BCUT2D eigenvalue weighted by Crippen LogP contribution is -2.14. The van der Waals surface area contributed by atoms with Crippen LogP contribution >= 0.6 is 0 Å². The third kappa shape index (κ3) is 5.67. The summed E-state index contributed by atoms with van der Waals surface area (Å²) in [6.07, 6.45) is 0.421. The summed E-state index contributed by atoms with van der Waals surface area (Å²) in [6, 6.07) is 9.22. The van der Waals surface area contributed by atoms with Crippen molar-refractivity contribution in [3.8, 4) is 5.75 Å². The van der Waals surface area contributed by atoms with Crippen LogP contribution in [0, 0.1) is 21.8 Å². The number of halogens is 1. The minimum Gasteiger partial charge on any atom is -0.494 e. The Balaban J connectivity index is 2.14. The summed E-state index contributed by atoms with van der Waals surface area (Å²) in [6.45, 7) is 4.18. The highest BCUT2D eigenvalue weighted by atomic mass is 19.1. The molecule has 0 aliphatic carbocycles. The summed E-state index contributed by atoms with van der Waals surface area (Å²) in [7, 11) is 1.29. The molecule has 27 heavy (non-hydrogen) atoms. The van der Waals surface area contributed by atoms with Gasteiger partial charge in [0.05, 0.1) is 18.1 Å². The number of nitrogens with zero attached hydrogens (tertiary/aromatic N) is 1. The zero-order chi connectivity index (χ0) is 20.0. The van der Waals surface area contributed by atoms with Gasteiger partial charge in [-0.2, -0.15) is 0 Å². The molecule has 0 radical (unpaired) electrons. The zero-order valence-corrected chi connectivity index (χ0v) is 15.4. The van der Waals surface area contributed by atoms with Gasteiger partial charge in [-0.05, 0) is 23.6 Å². The molecule has 7 nitrogen and oxygen atoms in total. The Hall–Kier alpha value is -3.16. The first-order valence-corrected chi connectivity index (χ1v) is 8.44. The molecule has 0 atom stereocenters. The van der Waals surface area contributed by atoms with Gasteiger partial charge in [-0.25, -0.2) is 4.39 Å². The number of carbonyl (C=O) groups is 1. The molecule has 0 unspecified atom stereocenters. The molecule has 0 aromatic heterocycles.